The lowest BCUT2D eigenvalue weighted by molar-refractivity contribution is -0.131. The molecule has 3 aromatic carbocycles. The van der Waals surface area contributed by atoms with Gasteiger partial charge in [0.25, 0.3) is 0 Å². The van der Waals surface area contributed by atoms with Crippen molar-refractivity contribution in [1.29, 1.82) is 0 Å². The Morgan fingerprint density at radius 1 is 0.892 bits per heavy atom. The minimum absolute atomic E-state index is 0.126. The maximum atomic E-state index is 14.6. The fourth-order valence-corrected chi connectivity index (χ4v) is 6.84. The molecule has 0 aromatic heterocycles. The maximum Gasteiger partial charge on any atom is 0.180 e. The number of hydrogen-bond donors (Lipinski definition) is 0. The molecular weight excluding hydrogens is 507 g/mol. The molecular formula is C30H24Cl2N2O3. The van der Waals surface area contributed by atoms with E-state index in [9.17, 15) is 14.4 Å². The molecule has 0 amide bonds. The monoisotopic (exact) mass is 530 g/mol. The van der Waals surface area contributed by atoms with Crippen LogP contribution in [0, 0.1) is 10.8 Å². The van der Waals surface area contributed by atoms with Crippen LogP contribution in [0.5, 0.6) is 0 Å². The highest BCUT2D eigenvalue weighted by atomic mass is 35.5. The number of hydrogen-bond acceptors (Lipinski definition) is 5. The normalized spacial score (nSPS) is 23.3. The summed E-state index contributed by atoms with van der Waals surface area (Å²) < 4.78 is 0. The first-order valence-corrected chi connectivity index (χ1v) is 12.9. The molecule has 186 valence electrons. The van der Waals surface area contributed by atoms with E-state index in [1.54, 1.807) is 53.7 Å². The van der Waals surface area contributed by atoms with Crippen LogP contribution in [-0.4, -0.2) is 34.6 Å². The van der Waals surface area contributed by atoms with E-state index in [0.717, 1.165) is 11.1 Å². The van der Waals surface area contributed by atoms with Gasteiger partial charge < -0.3 is 0 Å². The quantitative estimate of drug-likeness (QED) is 0.353. The van der Waals surface area contributed by atoms with Crippen molar-refractivity contribution in [1.82, 2.24) is 5.01 Å². The number of nitrogens with zero attached hydrogens (tertiary/aromatic N) is 2. The summed E-state index contributed by atoms with van der Waals surface area (Å²) in [6.45, 7) is 5.51. The zero-order valence-corrected chi connectivity index (χ0v) is 22.0. The number of benzene rings is 3. The van der Waals surface area contributed by atoms with Crippen molar-refractivity contribution in [2.75, 3.05) is 0 Å². The molecule has 3 aliphatic rings. The van der Waals surface area contributed by atoms with E-state index in [1.807, 2.05) is 45.0 Å². The van der Waals surface area contributed by atoms with E-state index in [1.165, 1.54) is 0 Å². The third kappa shape index (κ3) is 3.17. The van der Waals surface area contributed by atoms with Crippen LogP contribution in [0.4, 0.5) is 0 Å². The molecule has 7 heteroatoms. The summed E-state index contributed by atoms with van der Waals surface area (Å²) in [5.74, 6) is -1.63. The third-order valence-electron chi connectivity index (χ3n) is 7.88. The minimum atomic E-state index is -1.64. The third-order valence-corrected chi connectivity index (χ3v) is 8.44. The van der Waals surface area contributed by atoms with E-state index < -0.39 is 28.8 Å². The van der Waals surface area contributed by atoms with Crippen molar-refractivity contribution in [3.63, 3.8) is 0 Å². The lowest BCUT2D eigenvalue weighted by Crippen LogP contribution is -2.45. The van der Waals surface area contributed by atoms with Gasteiger partial charge in [-0.05, 0) is 28.8 Å². The predicted octanol–water partition coefficient (Wildman–Crippen LogP) is 6.53. The predicted molar refractivity (Wildman–Crippen MR) is 144 cm³/mol. The number of carbonyl (C=O) groups excluding carboxylic acids is 3. The van der Waals surface area contributed by atoms with Crippen LogP contribution in [0.25, 0.3) is 0 Å². The van der Waals surface area contributed by atoms with Crippen LogP contribution in [0.3, 0.4) is 0 Å². The molecule has 0 saturated carbocycles. The van der Waals surface area contributed by atoms with Gasteiger partial charge in [0.05, 0.1) is 12.3 Å². The minimum Gasteiger partial charge on any atom is -0.297 e. The Kier molecular flexibility index (Phi) is 5.28. The Labute approximate surface area is 225 Å². The average molecular weight is 531 g/mol. The molecule has 1 saturated heterocycles. The lowest BCUT2D eigenvalue weighted by Gasteiger charge is -2.36. The number of carbonyl (C=O) groups is 3. The number of fused-ring (bicyclic) bond motifs is 5. The Morgan fingerprint density at radius 2 is 1.51 bits per heavy atom. The molecule has 0 radical (unpaired) electrons. The molecule has 0 bridgehead atoms. The van der Waals surface area contributed by atoms with Crippen molar-refractivity contribution in [3.8, 4) is 0 Å². The van der Waals surface area contributed by atoms with Gasteiger partial charge in [-0.2, -0.15) is 5.10 Å². The van der Waals surface area contributed by atoms with E-state index in [4.69, 9.17) is 28.3 Å². The van der Waals surface area contributed by atoms with Crippen LogP contribution < -0.4 is 0 Å². The fraction of sp³-hybridized carbons (Fsp3) is 0.267. The van der Waals surface area contributed by atoms with Gasteiger partial charge in [-0.15, -0.1) is 0 Å². The highest BCUT2D eigenvalue weighted by Crippen LogP contribution is 2.65. The standard InChI is InChI=1S/C30H24Cl2N2O3/c1-29(2,3)28(37)24-23(21-13-12-17(31)14-22(21)32)30(26(35)19-10-6-7-11-20(19)27(30)36)25-18-9-5-4-8-16(18)15-33-34(24)25/h4-15,23-25H,1-3H3/t23-,24+,25?/m1/s1. The lowest BCUT2D eigenvalue weighted by atomic mass is 9.62. The second-order valence-corrected chi connectivity index (χ2v) is 11.8. The summed E-state index contributed by atoms with van der Waals surface area (Å²) in [5.41, 5.74) is 0.431. The van der Waals surface area contributed by atoms with Gasteiger partial charge in [0, 0.05) is 32.5 Å². The molecule has 37 heavy (non-hydrogen) atoms. The first kappa shape index (κ1) is 24.1. The fourth-order valence-electron chi connectivity index (χ4n) is 6.32. The molecule has 2 heterocycles. The molecule has 1 aliphatic carbocycles. The van der Waals surface area contributed by atoms with Gasteiger partial charge in [-0.25, -0.2) is 0 Å². The highest BCUT2D eigenvalue weighted by Gasteiger charge is 2.73. The second-order valence-electron chi connectivity index (χ2n) is 10.9. The van der Waals surface area contributed by atoms with Gasteiger partial charge in [-0.3, -0.25) is 19.4 Å². The van der Waals surface area contributed by atoms with Gasteiger partial charge >= 0.3 is 0 Å². The van der Waals surface area contributed by atoms with Crippen LogP contribution in [0.2, 0.25) is 10.0 Å². The molecule has 3 atom stereocenters. The summed E-state index contributed by atoms with van der Waals surface area (Å²) in [4.78, 5) is 43.4. The van der Waals surface area contributed by atoms with E-state index >= 15 is 0 Å². The molecule has 6 rings (SSSR count). The molecule has 3 aromatic rings. The Hall–Kier alpha value is -3.28. The Balaban J connectivity index is 1.73. The van der Waals surface area contributed by atoms with Crippen LogP contribution in [-0.2, 0) is 4.79 Å². The van der Waals surface area contributed by atoms with Crippen molar-refractivity contribution in [2.45, 2.75) is 38.8 Å². The maximum absolute atomic E-state index is 14.6. The number of rotatable bonds is 2. The summed E-state index contributed by atoms with van der Waals surface area (Å²) in [6, 6.07) is 17.8. The zero-order chi connectivity index (χ0) is 26.3. The molecule has 2 aliphatic heterocycles. The molecule has 1 fully saturated rings. The van der Waals surface area contributed by atoms with Crippen LogP contribution >= 0.6 is 23.2 Å². The van der Waals surface area contributed by atoms with E-state index in [2.05, 4.69) is 0 Å². The first-order valence-electron chi connectivity index (χ1n) is 12.2. The molecule has 5 nitrogen and oxygen atoms in total. The average Bonchev–Trinajstić information content (AvgIpc) is 3.29. The Morgan fingerprint density at radius 3 is 2.14 bits per heavy atom. The highest BCUT2D eigenvalue weighted by molar-refractivity contribution is 6.36. The summed E-state index contributed by atoms with van der Waals surface area (Å²) in [6.07, 6.45) is 1.70. The first-order chi connectivity index (χ1) is 17.6. The zero-order valence-electron chi connectivity index (χ0n) is 20.5. The second kappa shape index (κ2) is 8.11. The van der Waals surface area contributed by atoms with Gasteiger partial charge in [-0.1, -0.05) is 98.6 Å². The summed E-state index contributed by atoms with van der Waals surface area (Å²) >= 11 is 13.0. The number of Topliss-reactive ketones (excluding diaryl/α,β-unsaturated/α-hetero) is 3. The van der Waals surface area contributed by atoms with Crippen LogP contribution in [0.1, 0.15) is 70.1 Å². The smallest absolute Gasteiger partial charge is 0.180 e. The van der Waals surface area contributed by atoms with Crippen molar-refractivity contribution >= 4 is 46.8 Å². The Bertz CT molecular complexity index is 1500. The van der Waals surface area contributed by atoms with E-state index in [0.29, 0.717) is 26.7 Å². The summed E-state index contributed by atoms with van der Waals surface area (Å²) in [7, 11) is 0. The number of halogens is 2. The van der Waals surface area contributed by atoms with Crippen molar-refractivity contribution in [3.05, 3.63) is 105 Å². The van der Waals surface area contributed by atoms with Gasteiger partial charge in [0.15, 0.2) is 17.3 Å². The largest absolute Gasteiger partial charge is 0.297 e. The number of hydrazone groups is 1. The van der Waals surface area contributed by atoms with Gasteiger partial charge in [0.2, 0.25) is 0 Å². The SMILES string of the molecule is CC(C)(C)C(=O)[C@@H]1[C@@H](c2ccc(Cl)cc2Cl)C2(C(=O)c3ccccc3C2=O)C2c3ccccc3C=NN21. The topological polar surface area (TPSA) is 66.8 Å². The molecule has 1 unspecified atom stereocenters. The van der Waals surface area contributed by atoms with Gasteiger partial charge in [0.1, 0.15) is 11.5 Å². The van der Waals surface area contributed by atoms with Crippen molar-refractivity contribution in [2.24, 2.45) is 15.9 Å². The molecule has 1 spiro atoms. The van der Waals surface area contributed by atoms with E-state index in [-0.39, 0.29) is 17.3 Å². The molecule has 0 N–H and O–H groups in total. The summed E-state index contributed by atoms with van der Waals surface area (Å²) in [5, 5.41) is 7.15. The van der Waals surface area contributed by atoms with Crippen LogP contribution in [0.15, 0.2) is 71.8 Å². The van der Waals surface area contributed by atoms with Crippen molar-refractivity contribution < 1.29 is 14.4 Å². The number of ketones is 3.